The summed E-state index contributed by atoms with van der Waals surface area (Å²) in [5.41, 5.74) is 4.38. The van der Waals surface area contributed by atoms with Gasteiger partial charge in [0.2, 0.25) is 0 Å². The van der Waals surface area contributed by atoms with E-state index in [0.717, 1.165) is 0 Å². The third kappa shape index (κ3) is 3.33. The molecule has 0 aliphatic heterocycles. The van der Waals surface area contributed by atoms with Crippen LogP contribution in [0.25, 0.3) is 5.57 Å². The van der Waals surface area contributed by atoms with Crippen LogP contribution in [-0.2, 0) is 6.42 Å². The maximum absolute atomic E-state index is 2.37. The van der Waals surface area contributed by atoms with Crippen LogP contribution >= 0.6 is 0 Å². The Morgan fingerprint density at radius 2 is 1.94 bits per heavy atom. The van der Waals surface area contributed by atoms with Gasteiger partial charge in [0.1, 0.15) is 0 Å². The van der Waals surface area contributed by atoms with Crippen molar-refractivity contribution in [2.75, 3.05) is 0 Å². The van der Waals surface area contributed by atoms with E-state index in [-0.39, 0.29) is 0 Å². The monoisotopic (exact) mass is 226 g/mol. The lowest BCUT2D eigenvalue weighted by molar-refractivity contribution is 0.716. The average molecular weight is 226 g/mol. The third-order valence-electron chi connectivity index (χ3n) is 3.37. The van der Waals surface area contributed by atoms with Gasteiger partial charge in [-0.1, -0.05) is 62.3 Å². The first-order chi connectivity index (χ1) is 8.42. The number of hydrogen-bond acceptors (Lipinski definition) is 0. The van der Waals surface area contributed by atoms with E-state index in [1.54, 1.807) is 0 Å². The molecular weight excluding hydrogens is 204 g/mol. The van der Waals surface area contributed by atoms with Crippen LogP contribution < -0.4 is 0 Å². The molecule has 0 fully saturated rings. The SMILES string of the molecule is CCCCCc1ccccc1C1=CCCC=C1. The van der Waals surface area contributed by atoms with E-state index in [4.69, 9.17) is 0 Å². The van der Waals surface area contributed by atoms with Crippen molar-refractivity contribution in [1.29, 1.82) is 0 Å². The first kappa shape index (κ1) is 12.2. The molecule has 0 atom stereocenters. The van der Waals surface area contributed by atoms with Crippen LogP contribution in [0, 0.1) is 0 Å². The predicted molar refractivity (Wildman–Crippen MR) is 76.0 cm³/mol. The van der Waals surface area contributed by atoms with Crippen LogP contribution in [0.1, 0.15) is 50.2 Å². The minimum absolute atomic E-state index is 1.19. The van der Waals surface area contributed by atoms with Gasteiger partial charge in [-0.3, -0.25) is 0 Å². The van der Waals surface area contributed by atoms with Crippen molar-refractivity contribution >= 4 is 5.57 Å². The summed E-state index contributed by atoms with van der Waals surface area (Å²) in [4.78, 5) is 0. The summed E-state index contributed by atoms with van der Waals surface area (Å²) in [5.74, 6) is 0. The second-order valence-electron chi connectivity index (χ2n) is 4.75. The van der Waals surface area contributed by atoms with E-state index < -0.39 is 0 Å². The molecule has 0 radical (unpaired) electrons. The molecular formula is C17H22. The molecule has 1 aromatic carbocycles. The van der Waals surface area contributed by atoms with Crippen molar-refractivity contribution in [1.82, 2.24) is 0 Å². The summed E-state index contributed by atoms with van der Waals surface area (Å²) in [5, 5.41) is 0. The van der Waals surface area contributed by atoms with E-state index in [9.17, 15) is 0 Å². The zero-order valence-corrected chi connectivity index (χ0v) is 10.8. The van der Waals surface area contributed by atoms with Crippen LogP contribution in [0.4, 0.5) is 0 Å². The lowest BCUT2D eigenvalue weighted by Gasteiger charge is -2.12. The number of benzene rings is 1. The van der Waals surface area contributed by atoms with Crippen LogP contribution in [0.15, 0.2) is 42.5 Å². The number of rotatable bonds is 5. The fourth-order valence-electron chi connectivity index (χ4n) is 2.40. The number of allylic oxidation sites excluding steroid dienone is 4. The van der Waals surface area contributed by atoms with Crippen LogP contribution in [0.2, 0.25) is 0 Å². The quantitative estimate of drug-likeness (QED) is 0.609. The Kier molecular flexibility index (Phi) is 4.61. The first-order valence-corrected chi connectivity index (χ1v) is 6.87. The van der Waals surface area contributed by atoms with Gasteiger partial charge in [0, 0.05) is 0 Å². The molecule has 90 valence electrons. The van der Waals surface area contributed by atoms with Crippen molar-refractivity contribution in [3.63, 3.8) is 0 Å². The van der Waals surface area contributed by atoms with Gasteiger partial charge in [0.25, 0.3) is 0 Å². The number of hydrogen-bond donors (Lipinski definition) is 0. The zero-order valence-electron chi connectivity index (χ0n) is 10.8. The lowest BCUT2D eigenvalue weighted by Crippen LogP contribution is -1.94. The molecule has 0 heterocycles. The molecule has 0 nitrogen and oxygen atoms in total. The smallest absolute Gasteiger partial charge is 0.0155 e. The lowest BCUT2D eigenvalue weighted by atomic mass is 9.93. The fourth-order valence-corrected chi connectivity index (χ4v) is 2.40. The highest BCUT2D eigenvalue weighted by Gasteiger charge is 2.06. The Balaban J connectivity index is 2.15. The Morgan fingerprint density at radius 1 is 1.06 bits per heavy atom. The maximum Gasteiger partial charge on any atom is -0.0155 e. The molecule has 0 saturated heterocycles. The fraction of sp³-hybridized carbons (Fsp3) is 0.412. The molecule has 0 heteroatoms. The number of aryl methyl sites for hydroxylation is 1. The Morgan fingerprint density at radius 3 is 2.71 bits per heavy atom. The summed E-state index contributed by atoms with van der Waals surface area (Å²) < 4.78 is 0. The van der Waals surface area contributed by atoms with Gasteiger partial charge < -0.3 is 0 Å². The summed E-state index contributed by atoms with van der Waals surface area (Å²) in [6.07, 6.45) is 14.5. The van der Waals surface area contributed by atoms with Crippen molar-refractivity contribution < 1.29 is 0 Å². The Hall–Kier alpha value is -1.30. The summed E-state index contributed by atoms with van der Waals surface area (Å²) in [7, 11) is 0. The molecule has 0 amide bonds. The molecule has 2 rings (SSSR count). The summed E-state index contributed by atoms with van der Waals surface area (Å²) in [6, 6.07) is 8.87. The standard InChI is InChI=1S/C17H22/c1-2-3-5-10-15-13-8-9-14-17(15)16-11-6-4-7-12-16/h6,8-9,11-14H,2-5,7,10H2,1H3. The predicted octanol–water partition coefficient (Wildman–Crippen LogP) is 5.15. The van der Waals surface area contributed by atoms with Crippen molar-refractivity contribution in [3.05, 3.63) is 53.6 Å². The Labute approximate surface area is 105 Å². The minimum Gasteiger partial charge on any atom is -0.0836 e. The van der Waals surface area contributed by atoms with Crippen molar-refractivity contribution in [2.45, 2.75) is 45.4 Å². The molecule has 0 aromatic heterocycles. The zero-order chi connectivity index (χ0) is 11.9. The summed E-state index contributed by atoms with van der Waals surface area (Å²) in [6.45, 7) is 2.26. The van der Waals surface area contributed by atoms with Gasteiger partial charge in [0.15, 0.2) is 0 Å². The molecule has 0 N–H and O–H groups in total. The van der Waals surface area contributed by atoms with E-state index in [1.165, 1.54) is 55.2 Å². The average Bonchev–Trinajstić information content (AvgIpc) is 2.41. The van der Waals surface area contributed by atoms with Crippen molar-refractivity contribution in [2.24, 2.45) is 0 Å². The van der Waals surface area contributed by atoms with Crippen molar-refractivity contribution in [3.8, 4) is 0 Å². The third-order valence-corrected chi connectivity index (χ3v) is 3.37. The second-order valence-corrected chi connectivity index (χ2v) is 4.75. The molecule has 0 spiro atoms. The molecule has 1 aliphatic carbocycles. The van der Waals surface area contributed by atoms with Gasteiger partial charge in [-0.25, -0.2) is 0 Å². The molecule has 1 aromatic rings. The van der Waals surface area contributed by atoms with E-state index in [1.807, 2.05) is 0 Å². The minimum atomic E-state index is 1.19. The van der Waals surface area contributed by atoms with Gasteiger partial charge in [-0.15, -0.1) is 0 Å². The number of unbranched alkanes of at least 4 members (excludes halogenated alkanes) is 2. The van der Waals surface area contributed by atoms with Crippen LogP contribution in [0.3, 0.4) is 0 Å². The van der Waals surface area contributed by atoms with E-state index >= 15 is 0 Å². The van der Waals surface area contributed by atoms with Gasteiger partial charge in [0.05, 0.1) is 0 Å². The maximum atomic E-state index is 2.37. The second kappa shape index (κ2) is 6.44. The van der Waals surface area contributed by atoms with E-state index in [0.29, 0.717) is 0 Å². The molecule has 0 bridgehead atoms. The normalized spacial score (nSPS) is 14.8. The highest BCUT2D eigenvalue weighted by Crippen LogP contribution is 2.25. The van der Waals surface area contributed by atoms with Crippen LogP contribution in [0.5, 0.6) is 0 Å². The topological polar surface area (TPSA) is 0 Å². The molecule has 1 aliphatic rings. The van der Waals surface area contributed by atoms with Gasteiger partial charge >= 0.3 is 0 Å². The van der Waals surface area contributed by atoms with E-state index in [2.05, 4.69) is 49.4 Å². The largest absolute Gasteiger partial charge is 0.0836 e. The molecule has 0 saturated carbocycles. The highest BCUT2D eigenvalue weighted by molar-refractivity contribution is 5.76. The van der Waals surface area contributed by atoms with Crippen LogP contribution in [-0.4, -0.2) is 0 Å². The summed E-state index contributed by atoms with van der Waals surface area (Å²) >= 11 is 0. The molecule has 0 unspecified atom stereocenters. The highest BCUT2D eigenvalue weighted by atomic mass is 14.1. The van der Waals surface area contributed by atoms with Gasteiger partial charge in [-0.05, 0) is 42.4 Å². The first-order valence-electron chi connectivity index (χ1n) is 6.87. The Bertz CT molecular complexity index is 410. The molecule has 17 heavy (non-hydrogen) atoms. The van der Waals surface area contributed by atoms with Gasteiger partial charge in [-0.2, -0.15) is 0 Å².